The van der Waals surface area contributed by atoms with Gasteiger partial charge in [-0.1, -0.05) is 59.6 Å². The highest BCUT2D eigenvalue weighted by Crippen LogP contribution is 2.37. The molecule has 1 aromatic heterocycles. The number of aromatic nitrogens is 2. The van der Waals surface area contributed by atoms with Crippen LogP contribution in [0.1, 0.15) is 16.4 Å². The number of carbonyl (C=O) groups is 1. The van der Waals surface area contributed by atoms with Gasteiger partial charge in [0, 0.05) is 11.3 Å². The summed E-state index contributed by atoms with van der Waals surface area (Å²) in [6.07, 6.45) is 0. The molecule has 3 aromatic carbocycles. The first-order valence-electron chi connectivity index (χ1n) is 9.80. The number of thioether (sulfide) groups is 1. The van der Waals surface area contributed by atoms with E-state index in [4.69, 9.17) is 20.8 Å². The number of methoxy groups -OCH3 is 1. The highest BCUT2D eigenvalue weighted by Gasteiger charge is 2.25. The maximum Gasteiger partial charge on any atom is 0.277 e. The molecule has 0 aliphatic rings. The van der Waals surface area contributed by atoms with Crippen molar-refractivity contribution >= 4 is 35.0 Å². The molecule has 0 aliphatic heterocycles. The summed E-state index contributed by atoms with van der Waals surface area (Å²) in [5.41, 5.74) is 3.34. The van der Waals surface area contributed by atoms with Crippen molar-refractivity contribution in [3.63, 3.8) is 0 Å². The molecule has 1 N–H and O–H groups in total. The third kappa shape index (κ3) is 5.12. The van der Waals surface area contributed by atoms with Gasteiger partial charge in [-0.3, -0.25) is 4.79 Å². The summed E-state index contributed by atoms with van der Waals surface area (Å²) in [6.45, 7) is 2.01. The lowest BCUT2D eigenvalue weighted by molar-refractivity contribution is -0.115. The second kappa shape index (κ2) is 9.89. The van der Waals surface area contributed by atoms with E-state index in [1.165, 1.54) is 18.9 Å². The van der Waals surface area contributed by atoms with Gasteiger partial charge in [0.2, 0.25) is 11.8 Å². The molecular formula is C24H20ClN3O3S. The van der Waals surface area contributed by atoms with Gasteiger partial charge in [-0.05, 0) is 54.6 Å². The van der Waals surface area contributed by atoms with Gasteiger partial charge in [0.05, 0.1) is 12.1 Å². The SMILES string of the molecule is COc1ccc(NC(=O)C(Sc2nnc(-c3ccc(C)cc3)o2)c2ccccc2)cc1Cl. The molecule has 0 fully saturated rings. The highest BCUT2D eigenvalue weighted by atomic mass is 35.5. The Labute approximate surface area is 195 Å². The first kappa shape index (κ1) is 21.9. The zero-order valence-electron chi connectivity index (χ0n) is 17.4. The van der Waals surface area contributed by atoms with Crippen LogP contribution in [0.25, 0.3) is 11.5 Å². The van der Waals surface area contributed by atoms with Crippen molar-refractivity contribution < 1.29 is 13.9 Å². The van der Waals surface area contributed by atoms with E-state index < -0.39 is 5.25 Å². The Hall–Kier alpha value is -3.29. The van der Waals surface area contributed by atoms with E-state index in [-0.39, 0.29) is 5.91 Å². The number of hydrogen-bond donors (Lipinski definition) is 1. The Kier molecular flexibility index (Phi) is 6.78. The molecule has 4 aromatic rings. The summed E-state index contributed by atoms with van der Waals surface area (Å²) in [6, 6.07) is 22.3. The van der Waals surface area contributed by atoms with E-state index in [9.17, 15) is 4.79 Å². The van der Waals surface area contributed by atoms with Crippen LogP contribution in [-0.4, -0.2) is 23.2 Å². The van der Waals surface area contributed by atoms with Crippen LogP contribution in [0.3, 0.4) is 0 Å². The van der Waals surface area contributed by atoms with Gasteiger partial charge < -0.3 is 14.5 Å². The summed E-state index contributed by atoms with van der Waals surface area (Å²) >= 11 is 7.38. The van der Waals surface area contributed by atoms with Crippen molar-refractivity contribution in [1.29, 1.82) is 0 Å². The number of benzene rings is 3. The van der Waals surface area contributed by atoms with Crippen molar-refractivity contribution in [3.8, 4) is 17.2 Å². The Bertz CT molecular complexity index is 1210. The fraction of sp³-hybridized carbons (Fsp3) is 0.125. The fourth-order valence-electron chi connectivity index (χ4n) is 3.02. The fourth-order valence-corrected chi connectivity index (χ4v) is 4.16. The van der Waals surface area contributed by atoms with Gasteiger partial charge in [0.1, 0.15) is 11.0 Å². The maximum atomic E-state index is 13.2. The molecule has 32 heavy (non-hydrogen) atoms. The molecule has 0 bridgehead atoms. The molecule has 0 radical (unpaired) electrons. The van der Waals surface area contributed by atoms with Gasteiger partial charge in [-0.15, -0.1) is 10.2 Å². The van der Waals surface area contributed by atoms with Crippen molar-refractivity contribution in [2.75, 3.05) is 12.4 Å². The van der Waals surface area contributed by atoms with Crippen LogP contribution in [0.2, 0.25) is 5.02 Å². The molecule has 0 saturated carbocycles. The number of ether oxygens (including phenoxy) is 1. The van der Waals surface area contributed by atoms with Gasteiger partial charge in [-0.25, -0.2) is 0 Å². The minimum atomic E-state index is -0.608. The van der Waals surface area contributed by atoms with Crippen LogP contribution in [0.5, 0.6) is 5.75 Å². The monoisotopic (exact) mass is 465 g/mol. The van der Waals surface area contributed by atoms with Crippen LogP contribution in [0, 0.1) is 6.92 Å². The van der Waals surface area contributed by atoms with E-state index in [2.05, 4.69) is 15.5 Å². The molecule has 8 heteroatoms. The first-order chi connectivity index (χ1) is 15.5. The molecule has 6 nitrogen and oxygen atoms in total. The third-order valence-corrected chi connectivity index (χ3v) is 6.07. The second-order valence-corrected chi connectivity index (χ2v) is 8.45. The number of aryl methyl sites for hydroxylation is 1. The van der Waals surface area contributed by atoms with E-state index in [1.807, 2.05) is 61.5 Å². The van der Waals surface area contributed by atoms with Crippen molar-refractivity contribution in [2.45, 2.75) is 17.4 Å². The first-order valence-corrected chi connectivity index (χ1v) is 11.1. The van der Waals surface area contributed by atoms with E-state index >= 15 is 0 Å². The molecule has 1 amide bonds. The average molecular weight is 466 g/mol. The number of halogens is 1. The lowest BCUT2D eigenvalue weighted by Gasteiger charge is -2.15. The predicted molar refractivity (Wildman–Crippen MR) is 126 cm³/mol. The maximum absolute atomic E-state index is 13.2. The number of rotatable bonds is 7. The number of nitrogens with one attached hydrogen (secondary N) is 1. The molecule has 0 saturated heterocycles. The molecule has 1 unspecified atom stereocenters. The zero-order valence-corrected chi connectivity index (χ0v) is 19.0. The van der Waals surface area contributed by atoms with Crippen LogP contribution >= 0.6 is 23.4 Å². The van der Waals surface area contributed by atoms with Gasteiger partial charge in [0.25, 0.3) is 5.22 Å². The number of nitrogens with zero attached hydrogens (tertiary/aromatic N) is 2. The van der Waals surface area contributed by atoms with Crippen molar-refractivity contribution in [1.82, 2.24) is 10.2 Å². The quantitative estimate of drug-likeness (QED) is 0.328. The Morgan fingerprint density at radius 1 is 1.06 bits per heavy atom. The molecular weight excluding hydrogens is 446 g/mol. The topological polar surface area (TPSA) is 77.2 Å². The normalized spacial score (nSPS) is 11.7. The predicted octanol–water partition coefficient (Wildman–Crippen LogP) is 6.18. The standard InChI is InChI=1S/C24H20ClN3O3S/c1-15-8-10-17(11-9-15)23-27-28-24(31-23)32-21(16-6-4-3-5-7-16)22(29)26-18-12-13-20(30-2)19(25)14-18/h3-14,21H,1-2H3,(H,26,29). The zero-order chi connectivity index (χ0) is 22.5. The number of amides is 1. The van der Waals surface area contributed by atoms with Gasteiger partial charge >= 0.3 is 0 Å². The van der Waals surface area contributed by atoms with Crippen LogP contribution in [-0.2, 0) is 4.79 Å². The van der Waals surface area contributed by atoms with E-state index in [1.54, 1.807) is 18.2 Å². The summed E-state index contributed by atoms with van der Waals surface area (Å²) in [5.74, 6) is 0.701. The van der Waals surface area contributed by atoms with Crippen LogP contribution in [0.15, 0.2) is 82.4 Å². The number of carbonyl (C=O) groups excluding carboxylic acids is 1. The average Bonchev–Trinajstić information content (AvgIpc) is 3.27. The molecule has 0 aliphatic carbocycles. The molecule has 162 valence electrons. The molecule has 0 spiro atoms. The highest BCUT2D eigenvalue weighted by molar-refractivity contribution is 8.00. The minimum Gasteiger partial charge on any atom is -0.495 e. The smallest absolute Gasteiger partial charge is 0.277 e. The molecule has 4 rings (SSSR count). The van der Waals surface area contributed by atoms with Gasteiger partial charge in [-0.2, -0.15) is 0 Å². The summed E-state index contributed by atoms with van der Waals surface area (Å²) in [7, 11) is 1.54. The molecule has 1 heterocycles. The minimum absolute atomic E-state index is 0.238. The third-order valence-electron chi connectivity index (χ3n) is 4.68. The lowest BCUT2D eigenvalue weighted by atomic mass is 10.1. The Morgan fingerprint density at radius 3 is 2.50 bits per heavy atom. The van der Waals surface area contributed by atoms with Crippen molar-refractivity contribution in [3.05, 3.63) is 88.9 Å². The van der Waals surface area contributed by atoms with Gasteiger partial charge in [0.15, 0.2) is 0 Å². The lowest BCUT2D eigenvalue weighted by Crippen LogP contribution is -2.19. The van der Waals surface area contributed by atoms with E-state index in [0.29, 0.717) is 27.6 Å². The Morgan fingerprint density at radius 2 is 1.81 bits per heavy atom. The number of anilines is 1. The molecule has 1 atom stereocenters. The summed E-state index contributed by atoms with van der Waals surface area (Å²) in [5, 5.41) is 11.3. The second-order valence-electron chi connectivity index (χ2n) is 6.99. The largest absolute Gasteiger partial charge is 0.495 e. The van der Waals surface area contributed by atoms with Crippen LogP contribution in [0.4, 0.5) is 5.69 Å². The summed E-state index contributed by atoms with van der Waals surface area (Å²) in [4.78, 5) is 13.2. The van der Waals surface area contributed by atoms with E-state index in [0.717, 1.165) is 16.7 Å². The Balaban J connectivity index is 1.57. The summed E-state index contributed by atoms with van der Waals surface area (Å²) < 4.78 is 11.0. The van der Waals surface area contributed by atoms with Crippen molar-refractivity contribution in [2.24, 2.45) is 0 Å². The van der Waals surface area contributed by atoms with Crippen LogP contribution < -0.4 is 10.1 Å². The number of hydrogen-bond acceptors (Lipinski definition) is 6.